The first-order valence-electron chi connectivity index (χ1n) is 5.63. The maximum Gasteiger partial charge on any atom is 0.333 e. The Morgan fingerprint density at radius 1 is 1.37 bits per heavy atom. The number of methoxy groups -OCH3 is 2. The van der Waals surface area contributed by atoms with Gasteiger partial charge in [-0.3, -0.25) is 4.79 Å². The number of carboxylic acid groups (broad SMARTS) is 1. The average Bonchev–Trinajstić information content (AvgIpc) is 2.45. The van der Waals surface area contributed by atoms with Crippen molar-refractivity contribution in [2.45, 2.75) is 13.3 Å². The minimum atomic E-state index is -0.287. The fraction of sp³-hybridized carbons (Fsp3) is 0.286. The molecule has 0 unspecified atom stereocenters. The molecule has 0 spiro atoms. The van der Waals surface area contributed by atoms with Crippen LogP contribution in [-0.4, -0.2) is 31.8 Å². The predicted molar refractivity (Wildman–Crippen MR) is 72.0 cm³/mol. The molecule has 104 valence electrons. The van der Waals surface area contributed by atoms with Crippen molar-refractivity contribution in [1.29, 1.82) is 0 Å². The molecule has 5 nitrogen and oxygen atoms in total. The predicted octanol–water partition coefficient (Wildman–Crippen LogP) is 2.36. The molecule has 0 aliphatic heterocycles. The van der Waals surface area contributed by atoms with Crippen molar-refractivity contribution in [1.82, 2.24) is 0 Å². The number of rotatable bonds is 4. The molecule has 0 saturated heterocycles. The maximum atomic E-state index is 11.4. The molecule has 0 fully saturated rings. The minimum absolute atomic E-state index is 0.250. The Kier molecular flexibility index (Phi) is 8.53. The SMILES string of the molecule is CC/C(=C\c1cccc(OC)c1)C(=O)OC.O=CO. The molecule has 5 heteroatoms. The number of benzene rings is 1. The minimum Gasteiger partial charge on any atom is -0.497 e. The Balaban J connectivity index is 0.000000982. The fourth-order valence-electron chi connectivity index (χ4n) is 1.37. The summed E-state index contributed by atoms with van der Waals surface area (Å²) in [5.74, 6) is 0.486. The Labute approximate surface area is 112 Å². The van der Waals surface area contributed by atoms with E-state index in [0.29, 0.717) is 12.0 Å². The van der Waals surface area contributed by atoms with Crippen LogP contribution in [0.1, 0.15) is 18.9 Å². The molecule has 0 aliphatic carbocycles. The zero-order valence-corrected chi connectivity index (χ0v) is 11.3. The second-order valence-corrected chi connectivity index (χ2v) is 3.40. The number of carbonyl (C=O) groups is 2. The molecule has 0 radical (unpaired) electrons. The van der Waals surface area contributed by atoms with Crippen molar-refractivity contribution < 1.29 is 24.2 Å². The van der Waals surface area contributed by atoms with E-state index in [0.717, 1.165) is 11.3 Å². The highest BCUT2D eigenvalue weighted by atomic mass is 16.5. The Morgan fingerprint density at radius 2 is 2.00 bits per heavy atom. The van der Waals surface area contributed by atoms with Crippen molar-refractivity contribution in [2.75, 3.05) is 14.2 Å². The maximum absolute atomic E-state index is 11.4. The summed E-state index contributed by atoms with van der Waals surface area (Å²) in [6, 6.07) is 7.54. The largest absolute Gasteiger partial charge is 0.497 e. The molecule has 0 heterocycles. The molecular weight excluding hydrogens is 248 g/mol. The molecule has 1 aromatic rings. The van der Waals surface area contributed by atoms with E-state index in [2.05, 4.69) is 0 Å². The molecule has 1 aromatic carbocycles. The lowest BCUT2D eigenvalue weighted by atomic mass is 10.1. The second-order valence-electron chi connectivity index (χ2n) is 3.40. The molecule has 0 saturated carbocycles. The van der Waals surface area contributed by atoms with Gasteiger partial charge in [-0.15, -0.1) is 0 Å². The van der Waals surface area contributed by atoms with Gasteiger partial charge in [0.2, 0.25) is 0 Å². The Hall–Kier alpha value is -2.30. The van der Waals surface area contributed by atoms with E-state index < -0.39 is 0 Å². The van der Waals surface area contributed by atoms with Crippen LogP contribution in [0.2, 0.25) is 0 Å². The first kappa shape index (κ1) is 16.7. The Bertz CT molecular complexity index is 437. The van der Waals surface area contributed by atoms with Crippen molar-refractivity contribution in [3.05, 3.63) is 35.4 Å². The van der Waals surface area contributed by atoms with Gasteiger partial charge in [0.1, 0.15) is 5.75 Å². The number of hydrogen-bond donors (Lipinski definition) is 1. The number of carbonyl (C=O) groups excluding carboxylic acids is 1. The van der Waals surface area contributed by atoms with Gasteiger partial charge in [-0.1, -0.05) is 19.1 Å². The summed E-state index contributed by atoms with van der Waals surface area (Å²) in [6.45, 7) is 1.67. The quantitative estimate of drug-likeness (QED) is 0.514. The molecule has 0 aliphatic rings. The first-order valence-corrected chi connectivity index (χ1v) is 5.63. The van der Waals surface area contributed by atoms with Gasteiger partial charge in [-0.05, 0) is 30.2 Å². The highest BCUT2D eigenvalue weighted by molar-refractivity contribution is 5.93. The third kappa shape index (κ3) is 6.26. The van der Waals surface area contributed by atoms with Gasteiger partial charge in [0, 0.05) is 5.57 Å². The topological polar surface area (TPSA) is 72.8 Å². The summed E-state index contributed by atoms with van der Waals surface area (Å²) in [4.78, 5) is 19.7. The summed E-state index contributed by atoms with van der Waals surface area (Å²) >= 11 is 0. The van der Waals surface area contributed by atoms with Crippen molar-refractivity contribution in [3.8, 4) is 5.75 Å². The lowest BCUT2D eigenvalue weighted by Crippen LogP contribution is -2.03. The van der Waals surface area contributed by atoms with Crippen LogP contribution in [0.15, 0.2) is 29.8 Å². The van der Waals surface area contributed by atoms with E-state index in [1.807, 2.05) is 37.3 Å². The van der Waals surface area contributed by atoms with E-state index in [1.54, 1.807) is 7.11 Å². The van der Waals surface area contributed by atoms with Crippen LogP contribution in [0.4, 0.5) is 0 Å². The zero-order valence-electron chi connectivity index (χ0n) is 11.3. The normalized spacial score (nSPS) is 9.95. The van der Waals surface area contributed by atoms with E-state index in [4.69, 9.17) is 19.4 Å². The van der Waals surface area contributed by atoms with Gasteiger partial charge in [0.15, 0.2) is 0 Å². The third-order valence-corrected chi connectivity index (χ3v) is 2.26. The zero-order chi connectivity index (χ0) is 14.7. The molecular formula is C14H18O5. The second kappa shape index (κ2) is 9.70. The summed E-state index contributed by atoms with van der Waals surface area (Å²) in [6.07, 6.45) is 2.46. The third-order valence-electron chi connectivity index (χ3n) is 2.26. The van der Waals surface area contributed by atoms with Crippen LogP contribution < -0.4 is 4.74 Å². The van der Waals surface area contributed by atoms with Gasteiger partial charge < -0.3 is 14.6 Å². The number of ether oxygens (including phenoxy) is 2. The van der Waals surface area contributed by atoms with Gasteiger partial charge in [0.05, 0.1) is 14.2 Å². The van der Waals surface area contributed by atoms with E-state index in [-0.39, 0.29) is 12.4 Å². The lowest BCUT2D eigenvalue weighted by Gasteiger charge is -2.04. The number of hydrogen-bond acceptors (Lipinski definition) is 4. The van der Waals surface area contributed by atoms with Gasteiger partial charge >= 0.3 is 5.97 Å². The summed E-state index contributed by atoms with van der Waals surface area (Å²) in [5.41, 5.74) is 1.58. The highest BCUT2D eigenvalue weighted by Gasteiger charge is 2.06. The van der Waals surface area contributed by atoms with Crippen molar-refractivity contribution in [2.24, 2.45) is 0 Å². The molecule has 0 aromatic heterocycles. The van der Waals surface area contributed by atoms with Crippen LogP contribution in [0, 0.1) is 0 Å². The highest BCUT2D eigenvalue weighted by Crippen LogP contribution is 2.16. The van der Waals surface area contributed by atoms with Crippen LogP contribution in [-0.2, 0) is 14.3 Å². The smallest absolute Gasteiger partial charge is 0.333 e. The van der Waals surface area contributed by atoms with E-state index >= 15 is 0 Å². The molecule has 1 rings (SSSR count). The van der Waals surface area contributed by atoms with E-state index in [9.17, 15) is 4.79 Å². The Morgan fingerprint density at radius 3 is 2.47 bits per heavy atom. The molecule has 0 amide bonds. The van der Waals surface area contributed by atoms with Crippen LogP contribution in [0.3, 0.4) is 0 Å². The molecule has 0 bridgehead atoms. The van der Waals surface area contributed by atoms with Crippen molar-refractivity contribution >= 4 is 18.5 Å². The van der Waals surface area contributed by atoms with Crippen LogP contribution in [0.5, 0.6) is 5.75 Å². The van der Waals surface area contributed by atoms with E-state index in [1.165, 1.54) is 7.11 Å². The molecule has 19 heavy (non-hydrogen) atoms. The van der Waals surface area contributed by atoms with Crippen LogP contribution in [0.25, 0.3) is 6.08 Å². The van der Waals surface area contributed by atoms with Crippen molar-refractivity contribution in [3.63, 3.8) is 0 Å². The summed E-state index contributed by atoms with van der Waals surface area (Å²) < 4.78 is 9.80. The first-order chi connectivity index (χ1) is 9.12. The molecule has 1 N–H and O–H groups in total. The fourth-order valence-corrected chi connectivity index (χ4v) is 1.37. The summed E-state index contributed by atoms with van der Waals surface area (Å²) in [5, 5.41) is 6.89. The number of esters is 1. The monoisotopic (exact) mass is 266 g/mol. The standard InChI is InChI=1S/C13H16O3.CH2O2/c1-4-11(13(14)16-3)8-10-6-5-7-12(9-10)15-2;2-1-3/h5-9H,4H2,1-3H3;1H,(H,2,3)/b11-8+;. The average molecular weight is 266 g/mol. The van der Waals surface area contributed by atoms with Crippen LogP contribution >= 0.6 is 0 Å². The van der Waals surface area contributed by atoms with Gasteiger partial charge in [0.25, 0.3) is 6.47 Å². The lowest BCUT2D eigenvalue weighted by molar-refractivity contribution is -0.136. The molecule has 0 atom stereocenters. The summed E-state index contributed by atoms with van der Waals surface area (Å²) in [7, 11) is 3.00. The van der Waals surface area contributed by atoms with Gasteiger partial charge in [-0.2, -0.15) is 0 Å². The van der Waals surface area contributed by atoms with Gasteiger partial charge in [-0.25, -0.2) is 4.79 Å².